The SMILES string of the molecule is Clc1nc(Sc2ccccc2)c2[nH]cnc2n1. The number of hydrogen-bond donors (Lipinski definition) is 1. The van der Waals surface area contributed by atoms with Crippen molar-refractivity contribution in [1.82, 2.24) is 19.9 Å². The predicted molar refractivity (Wildman–Crippen MR) is 67.3 cm³/mol. The van der Waals surface area contributed by atoms with Crippen LogP contribution < -0.4 is 0 Å². The van der Waals surface area contributed by atoms with E-state index in [1.807, 2.05) is 30.3 Å². The maximum absolute atomic E-state index is 5.86. The zero-order chi connectivity index (χ0) is 11.7. The van der Waals surface area contributed by atoms with Gasteiger partial charge in [0.2, 0.25) is 5.28 Å². The van der Waals surface area contributed by atoms with Crippen LogP contribution in [0.3, 0.4) is 0 Å². The summed E-state index contributed by atoms with van der Waals surface area (Å²) >= 11 is 7.39. The van der Waals surface area contributed by atoms with Crippen molar-refractivity contribution >= 4 is 34.5 Å². The van der Waals surface area contributed by atoms with E-state index < -0.39 is 0 Å². The van der Waals surface area contributed by atoms with Crippen molar-refractivity contribution < 1.29 is 0 Å². The fourth-order valence-corrected chi connectivity index (χ4v) is 2.57. The second-order valence-electron chi connectivity index (χ2n) is 3.31. The molecular formula is C11H7ClN4S. The summed E-state index contributed by atoms with van der Waals surface area (Å²) in [6.45, 7) is 0. The van der Waals surface area contributed by atoms with E-state index in [-0.39, 0.29) is 5.28 Å². The van der Waals surface area contributed by atoms with E-state index >= 15 is 0 Å². The minimum Gasteiger partial charge on any atom is -0.341 e. The number of nitrogens with zero attached hydrogens (tertiary/aromatic N) is 3. The minimum absolute atomic E-state index is 0.211. The van der Waals surface area contributed by atoms with Crippen LogP contribution in [0.25, 0.3) is 11.2 Å². The highest BCUT2D eigenvalue weighted by Crippen LogP contribution is 2.30. The fraction of sp³-hybridized carbons (Fsp3) is 0. The lowest BCUT2D eigenvalue weighted by Gasteiger charge is -2.01. The number of aromatic nitrogens is 4. The molecule has 4 nitrogen and oxygen atoms in total. The maximum Gasteiger partial charge on any atom is 0.225 e. The van der Waals surface area contributed by atoms with Crippen molar-refractivity contribution in [2.45, 2.75) is 9.92 Å². The molecule has 3 rings (SSSR count). The summed E-state index contributed by atoms with van der Waals surface area (Å²) in [7, 11) is 0. The fourth-order valence-electron chi connectivity index (χ4n) is 1.46. The molecule has 1 N–H and O–H groups in total. The van der Waals surface area contributed by atoms with Crippen LogP contribution in [0.1, 0.15) is 0 Å². The van der Waals surface area contributed by atoms with Crippen LogP contribution in [0.4, 0.5) is 0 Å². The van der Waals surface area contributed by atoms with Crippen LogP contribution >= 0.6 is 23.4 Å². The van der Waals surface area contributed by atoms with E-state index in [2.05, 4.69) is 19.9 Å². The smallest absolute Gasteiger partial charge is 0.225 e. The molecule has 0 aliphatic carbocycles. The molecule has 0 spiro atoms. The average Bonchev–Trinajstić information content (AvgIpc) is 2.78. The molecule has 0 unspecified atom stereocenters. The standard InChI is InChI=1S/C11H7ClN4S/c12-11-15-9-8(13-6-14-9)10(16-11)17-7-4-2-1-3-5-7/h1-6H,(H,13,14,15,16). The first kappa shape index (κ1) is 10.6. The summed E-state index contributed by atoms with van der Waals surface area (Å²) in [5.41, 5.74) is 1.40. The highest BCUT2D eigenvalue weighted by Gasteiger charge is 2.09. The lowest BCUT2D eigenvalue weighted by molar-refractivity contribution is 1.08. The molecule has 0 saturated heterocycles. The lowest BCUT2D eigenvalue weighted by Crippen LogP contribution is -1.88. The maximum atomic E-state index is 5.86. The summed E-state index contributed by atoms with van der Waals surface area (Å²) < 4.78 is 0. The normalized spacial score (nSPS) is 10.9. The van der Waals surface area contributed by atoms with Gasteiger partial charge in [0.25, 0.3) is 0 Å². The number of halogens is 1. The highest BCUT2D eigenvalue weighted by atomic mass is 35.5. The molecule has 17 heavy (non-hydrogen) atoms. The molecule has 0 saturated carbocycles. The van der Waals surface area contributed by atoms with Gasteiger partial charge in [-0.25, -0.2) is 9.97 Å². The summed E-state index contributed by atoms with van der Waals surface area (Å²) in [6.07, 6.45) is 1.59. The second kappa shape index (κ2) is 4.35. The summed E-state index contributed by atoms with van der Waals surface area (Å²) in [6, 6.07) is 9.97. The van der Waals surface area contributed by atoms with Gasteiger partial charge < -0.3 is 4.98 Å². The van der Waals surface area contributed by atoms with E-state index in [0.29, 0.717) is 5.65 Å². The van der Waals surface area contributed by atoms with Crippen LogP contribution in [0.5, 0.6) is 0 Å². The Morgan fingerprint density at radius 3 is 2.76 bits per heavy atom. The molecule has 6 heteroatoms. The van der Waals surface area contributed by atoms with E-state index in [9.17, 15) is 0 Å². The zero-order valence-electron chi connectivity index (χ0n) is 8.59. The molecule has 0 fully saturated rings. The number of nitrogens with one attached hydrogen (secondary N) is 1. The third-order valence-electron chi connectivity index (χ3n) is 2.18. The van der Waals surface area contributed by atoms with Gasteiger partial charge in [0.15, 0.2) is 5.65 Å². The van der Waals surface area contributed by atoms with Crippen molar-refractivity contribution in [3.05, 3.63) is 41.9 Å². The molecule has 0 bridgehead atoms. The first-order valence-electron chi connectivity index (χ1n) is 4.92. The Bertz CT molecular complexity index is 653. The van der Waals surface area contributed by atoms with Gasteiger partial charge in [-0.05, 0) is 23.7 Å². The number of rotatable bonds is 2. The van der Waals surface area contributed by atoms with E-state index in [0.717, 1.165) is 15.4 Å². The number of fused-ring (bicyclic) bond motifs is 1. The van der Waals surface area contributed by atoms with E-state index in [1.165, 1.54) is 11.8 Å². The number of aromatic amines is 1. The molecule has 0 radical (unpaired) electrons. The number of imidazole rings is 1. The summed E-state index contributed by atoms with van der Waals surface area (Å²) in [5, 5.41) is 0.992. The molecule has 84 valence electrons. The topological polar surface area (TPSA) is 54.5 Å². The highest BCUT2D eigenvalue weighted by molar-refractivity contribution is 7.99. The summed E-state index contributed by atoms with van der Waals surface area (Å²) in [4.78, 5) is 16.4. The number of benzene rings is 1. The first-order chi connectivity index (χ1) is 8.33. The summed E-state index contributed by atoms with van der Waals surface area (Å²) in [5.74, 6) is 0. The second-order valence-corrected chi connectivity index (χ2v) is 4.71. The van der Waals surface area contributed by atoms with Crippen LogP contribution in [0, 0.1) is 0 Å². The molecule has 0 atom stereocenters. The van der Waals surface area contributed by atoms with Crippen molar-refractivity contribution in [1.29, 1.82) is 0 Å². The average molecular weight is 263 g/mol. The van der Waals surface area contributed by atoms with Crippen molar-refractivity contribution in [2.75, 3.05) is 0 Å². The third-order valence-corrected chi connectivity index (χ3v) is 3.35. The van der Waals surface area contributed by atoms with Gasteiger partial charge in [0.1, 0.15) is 10.5 Å². The molecule has 0 aliphatic heterocycles. The Hall–Kier alpha value is -1.59. The Kier molecular flexibility index (Phi) is 2.70. The Morgan fingerprint density at radius 2 is 1.94 bits per heavy atom. The predicted octanol–water partition coefficient (Wildman–Crippen LogP) is 3.16. The molecular weight excluding hydrogens is 256 g/mol. The molecule has 0 amide bonds. The van der Waals surface area contributed by atoms with Crippen molar-refractivity contribution in [3.8, 4) is 0 Å². The number of hydrogen-bond acceptors (Lipinski definition) is 4. The van der Waals surface area contributed by atoms with Gasteiger partial charge in [-0.3, -0.25) is 0 Å². The van der Waals surface area contributed by atoms with Gasteiger partial charge in [-0.15, -0.1) is 0 Å². The van der Waals surface area contributed by atoms with Crippen LogP contribution in [0.2, 0.25) is 5.28 Å². The van der Waals surface area contributed by atoms with Gasteiger partial charge in [0.05, 0.1) is 6.33 Å². The Morgan fingerprint density at radius 1 is 1.12 bits per heavy atom. The lowest BCUT2D eigenvalue weighted by atomic mass is 10.4. The molecule has 1 aromatic carbocycles. The zero-order valence-corrected chi connectivity index (χ0v) is 10.2. The Labute approximate surface area is 106 Å². The van der Waals surface area contributed by atoms with Gasteiger partial charge in [-0.2, -0.15) is 4.98 Å². The van der Waals surface area contributed by atoms with Crippen LogP contribution in [-0.4, -0.2) is 19.9 Å². The third kappa shape index (κ3) is 2.11. The van der Waals surface area contributed by atoms with Crippen LogP contribution in [-0.2, 0) is 0 Å². The molecule has 0 aliphatic rings. The van der Waals surface area contributed by atoms with Crippen molar-refractivity contribution in [2.24, 2.45) is 0 Å². The van der Waals surface area contributed by atoms with Gasteiger partial charge >= 0.3 is 0 Å². The number of H-pyrrole nitrogens is 1. The van der Waals surface area contributed by atoms with Gasteiger partial charge in [-0.1, -0.05) is 30.0 Å². The van der Waals surface area contributed by atoms with E-state index in [4.69, 9.17) is 11.6 Å². The van der Waals surface area contributed by atoms with Crippen LogP contribution in [0.15, 0.2) is 46.6 Å². The molecule has 2 aromatic heterocycles. The van der Waals surface area contributed by atoms with E-state index in [1.54, 1.807) is 6.33 Å². The monoisotopic (exact) mass is 262 g/mol. The van der Waals surface area contributed by atoms with Crippen molar-refractivity contribution in [3.63, 3.8) is 0 Å². The molecule has 2 heterocycles. The van der Waals surface area contributed by atoms with Gasteiger partial charge in [0, 0.05) is 4.90 Å². The largest absolute Gasteiger partial charge is 0.341 e. The minimum atomic E-state index is 0.211. The molecule has 3 aromatic rings. The first-order valence-corrected chi connectivity index (χ1v) is 6.12. The quantitative estimate of drug-likeness (QED) is 0.569. The Balaban J connectivity index is 2.08.